The van der Waals surface area contributed by atoms with Crippen molar-refractivity contribution < 1.29 is 23.0 Å². The number of aliphatic imine (C=N–C) groups is 1. The Balaban J connectivity index is 2.69. The highest BCUT2D eigenvalue weighted by molar-refractivity contribution is 9.10. The topological polar surface area (TPSA) is 45.1 Å². The second-order valence-electron chi connectivity index (χ2n) is 6.37. The second kappa shape index (κ2) is 8.53. The molecule has 0 radical (unpaired) electrons. The zero-order chi connectivity index (χ0) is 21.1. The molecule has 2 aromatic rings. The Kier molecular flexibility index (Phi) is 6.77. The van der Waals surface area contributed by atoms with E-state index in [2.05, 4.69) is 20.9 Å². The first-order chi connectivity index (χ1) is 13.0. The van der Waals surface area contributed by atoms with E-state index in [9.17, 15) is 18.3 Å². The summed E-state index contributed by atoms with van der Waals surface area (Å²) in [5, 5.41) is 10.9. The number of ether oxygens (including phenoxy) is 1. The summed E-state index contributed by atoms with van der Waals surface area (Å²) in [7, 11) is 3.10. The van der Waals surface area contributed by atoms with E-state index in [1.165, 1.54) is 43.5 Å². The van der Waals surface area contributed by atoms with Crippen LogP contribution in [0.1, 0.15) is 23.6 Å². The number of rotatable bonds is 6. The molecule has 0 aromatic heterocycles. The number of halogens is 4. The van der Waals surface area contributed by atoms with Gasteiger partial charge in [0.05, 0.1) is 19.1 Å². The quantitative estimate of drug-likeness (QED) is 0.479. The molecule has 152 valence electrons. The molecule has 1 unspecified atom stereocenters. The van der Waals surface area contributed by atoms with Gasteiger partial charge in [-0.05, 0) is 43.2 Å². The molecule has 0 spiro atoms. The largest absolute Gasteiger partial charge is 0.496 e. The van der Waals surface area contributed by atoms with E-state index in [0.29, 0.717) is 15.7 Å². The Labute approximate surface area is 170 Å². The van der Waals surface area contributed by atoms with E-state index in [0.717, 1.165) is 6.54 Å². The molecule has 1 atom stereocenters. The summed E-state index contributed by atoms with van der Waals surface area (Å²) in [6.45, 7) is 4.32. The smallest absolute Gasteiger partial charge is 0.425 e. The maximum atomic E-state index is 14.1. The SMILES string of the molecule is CCN(C)C=Nc1cc(OC)c(C(O)(c2ccc(Br)cc2)C(F)(F)F)cc1C. The number of aliphatic hydroxyl groups is 1. The van der Waals surface area contributed by atoms with Crippen molar-refractivity contribution in [1.29, 1.82) is 0 Å². The van der Waals surface area contributed by atoms with Gasteiger partial charge < -0.3 is 14.7 Å². The number of aryl methyl sites for hydroxylation is 1. The van der Waals surface area contributed by atoms with Crippen LogP contribution in [0.2, 0.25) is 0 Å². The molecule has 2 aromatic carbocycles. The van der Waals surface area contributed by atoms with E-state index in [4.69, 9.17) is 4.74 Å². The van der Waals surface area contributed by atoms with E-state index >= 15 is 0 Å². The first-order valence-corrected chi connectivity index (χ1v) is 9.32. The fourth-order valence-electron chi connectivity index (χ4n) is 2.67. The first-order valence-electron chi connectivity index (χ1n) is 8.53. The Hall–Kier alpha value is -2.06. The van der Waals surface area contributed by atoms with Crippen LogP contribution in [-0.4, -0.2) is 43.2 Å². The van der Waals surface area contributed by atoms with Crippen LogP contribution < -0.4 is 4.74 Å². The van der Waals surface area contributed by atoms with Gasteiger partial charge >= 0.3 is 6.18 Å². The summed E-state index contributed by atoms with van der Waals surface area (Å²) in [4.78, 5) is 6.13. The van der Waals surface area contributed by atoms with Gasteiger partial charge in [0.2, 0.25) is 5.60 Å². The van der Waals surface area contributed by atoms with Crippen LogP contribution in [0.4, 0.5) is 18.9 Å². The van der Waals surface area contributed by atoms with Gasteiger partial charge in [0, 0.05) is 29.7 Å². The molecule has 0 amide bonds. The molecular formula is C20H22BrF3N2O2. The molecule has 0 saturated heterocycles. The Bertz CT molecular complexity index is 854. The van der Waals surface area contributed by atoms with Gasteiger partial charge in [-0.25, -0.2) is 4.99 Å². The predicted molar refractivity (Wildman–Crippen MR) is 107 cm³/mol. The van der Waals surface area contributed by atoms with Crippen molar-refractivity contribution in [1.82, 2.24) is 4.90 Å². The van der Waals surface area contributed by atoms with Gasteiger partial charge in [-0.15, -0.1) is 0 Å². The van der Waals surface area contributed by atoms with Gasteiger partial charge in [-0.1, -0.05) is 28.1 Å². The van der Waals surface area contributed by atoms with Crippen LogP contribution in [0.15, 0.2) is 45.9 Å². The fourth-order valence-corrected chi connectivity index (χ4v) is 2.94. The third-order valence-corrected chi connectivity index (χ3v) is 5.00. The normalized spacial score (nSPS) is 14.2. The molecule has 1 N–H and O–H groups in total. The lowest BCUT2D eigenvalue weighted by Gasteiger charge is -2.33. The highest BCUT2D eigenvalue weighted by Crippen LogP contribution is 2.48. The molecule has 0 fully saturated rings. The van der Waals surface area contributed by atoms with Crippen LogP contribution in [-0.2, 0) is 5.60 Å². The Morgan fingerprint density at radius 1 is 1.21 bits per heavy atom. The highest BCUT2D eigenvalue weighted by Gasteiger charge is 2.57. The van der Waals surface area contributed by atoms with Gasteiger partial charge in [0.1, 0.15) is 5.75 Å². The maximum absolute atomic E-state index is 14.1. The first kappa shape index (κ1) is 22.2. The molecule has 0 heterocycles. The van der Waals surface area contributed by atoms with Crippen LogP contribution in [0.5, 0.6) is 5.75 Å². The zero-order valence-corrected chi connectivity index (χ0v) is 17.6. The van der Waals surface area contributed by atoms with Gasteiger partial charge in [-0.3, -0.25) is 0 Å². The summed E-state index contributed by atoms with van der Waals surface area (Å²) in [5.74, 6) is -0.0976. The van der Waals surface area contributed by atoms with Crippen molar-refractivity contribution in [2.75, 3.05) is 20.7 Å². The third kappa shape index (κ3) is 4.33. The standard InChI is InChI=1S/C20H22BrF3N2O2/c1-5-26(3)12-25-17-11-18(28-4)16(10-13(17)2)19(27,20(22,23)24)14-6-8-15(21)9-7-14/h6-12,27H,5H2,1-4H3. The summed E-state index contributed by atoms with van der Waals surface area (Å²) in [6.07, 6.45) is -3.38. The number of hydrogen-bond donors (Lipinski definition) is 1. The molecule has 2 rings (SSSR count). The van der Waals surface area contributed by atoms with Crippen molar-refractivity contribution in [3.8, 4) is 5.75 Å². The van der Waals surface area contributed by atoms with E-state index < -0.39 is 11.8 Å². The second-order valence-corrected chi connectivity index (χ2v) is 7.29. The number of methoxy groups -OCH3 is 1. The Morgan fingerprint density at radius 2 is 1.82 bits per heavy atom. The minimum atomic E-state index is -4.96. The van der Waals surface area contributed by atoms with Crippen LogP contribution in [0.25, 0.3) is 0 Å². The Morgan fingerprint density at radius 3 is 2.32 bits per heavy atom. The molecule has 4 nitrogen and oxygen atoms in total. The van der Waals surface area contributed by atoms with Gasteiger partial charge in [0.25, 0.3) is 0 Å². The molecule has 0 bridgehead atoms. The van der Waals surface area contributed by atoms with Crippen molar-refractivity contribution in [2.24, 2.45) is 4.99 Å². The molecule has 28 heavy (non-hydrogen) atoms. The zero-order valence-electron chi connectivity index (χ0n) is 16.0. The highest BCUT2D eigenvalue weighted by atomic mass is 79.9. The van der Waals surface area contributed by atoms with Gasteiger partial charge in [-0.2, -0.15) is 13.2 Å². The lowest BCUT2D eigenvalue weighted by Crippen LogP contribution is -2.43. The van der Waals surface area contributed by atoms with E-state index in [-0.39, 0.29) is 16.9 Å². The minimum Gasteiger partial charge on any atom is -0.496 e. The van der Waals surface area contributed by atoms with Crippen LogP contribution in [0, 0.1) is 6.92 Å². The minimum absolute atomic E-state index is 0.0976. The molecule has 0 aliphatic rings. The third-order valence-electron chi connectivity index (χ3n) is 4.47. The van der Waals surface area contributed by atoms with Gasteiger partial charge in [0.15, 0.2) is 0 Å². The predicted octanol–water partition coefficient (Wildman–Crippen LogP) is 5.18. The molecular weight excluding hydrogens is 437 g/mol. The van der Waals surface area contributed by atoms with Crippen LogP contribution in [0.3, 0.4) is 0 Å². The van der Waals surface area contributed by atoms with E-state index in [1.807, 2.05) is 18.9 Å². The van der Waals surface area contributed by atoms with Crippen molar-refractivity contribution in [3.63, 3.8) is 0 Å². The summed E-state index contributed by atoms with van der Waals surface area (Å²) >= 11 is 3.20. The summed E-state index contributed by atoms with van der Waals surface area (Å²) in [5.41, 5.74) is -2.97. The average molecular weight is 459 g/mol. The molecule has 0 aliphatic carbocycles. The van der Waals surface area contributed by atoms with E-state index in [1.54, 1.807) is 13.3 Å². The monoisotopic (exact) mass is 458 g/mol. The number of nitrogens with zero attached hydrogens (tertiary/aromatic N) is 2. The average Bonchev–Trinajstić information content (AvgIpc) is 2.65. The summed E-state index contributed by atoms with van der Waals surface area (Å²) in [6, 6.07) is 8.03. The fraction of sp³-hybridized carbons (Fsp3) is 0.350. The molecule has 0 aliphatic heterocycles. The summed E-state index contributed by atoms with van der Waals surface area (Å²) < 4.78 is 48.0. The van der Waals surface area contributed by atoms with Crippen molar-refractivity contribution in [3.05, 3.63) is 57.6 Å². The number of benzene rings is 2. The number of alkyl halides is 3. The lowest BCUT2D eigenvalue weighted by molar-refractivity contribution is -0.248. The maximum Gasteiger partial charge on any atom is 0.425 e. The molecule has 8 heteroatoms. The number of hydrogen-bond acceptors (Lipinski definition) is 3. The molecule has 0 saturated carbocycles. The van der Waals surface area contributed by atoms with Crippen molar-refractivity contribution >= 4 is 28.0 Å². The van der Waals surface area contributed by atoms with Crippen LogP contribution >= 0.6 is 15.9 Å². The lowest BCUT2D eigenvalue weighted by atomic mass is 9.84. The van der Waals surface area contributed by atoms with Crippen molar-refractivity contribution in [2.45, 2.75) is 25.6 Å².